The molecule has 0 bridgehead atoms. The van der Waals surface area contributed by atoms with Gasteiger partial charge in [0.1, 0.15) is 0 Å². The van der Waals surface area contributed by atoms with Gasteiger partial charge < -0.3 is 15.7 Å². The van der Waals surface area contributed by atoms with Gasteiger partial charge in [-0.1, -0.05) is 18.9 Å². The number of carboxylic acids is 1. The fourth-order valence-electron chi connectivity index (χ4n) is 1.81. The van der Waals surface area contributed by atoms with Crippen molar-refractivity contribution < 1.29 is 14.7 Å². The van der Waals surface area contributed by atoms with E-state index >= 15 is 0 Å². The van der Waals surface area contributed by atoms with Crippen LogP contribution in [0.15, 0.2) is 24.3 Å². The average molecular weight is 288 g/mol. The molecule has 0 spiro atoms. The molecule has 0 saturated carbocycles. The standard InChI is InChI=1S/C16H20N2O3/c1-3-13-5-4-6-14(11-13)18-16(21)17-10-9-12(2)7-8-15(19)20/h1,4-6,11-12H,7-10H2,2H3,(H,19,20)(H2,17,18,21). The van der Waals surface area contributed by atoms with E-state index in [1.54, 1.807) is 24.3 Å². The smallest absolute Gasteiger partial charge is 0.319 e. The Labute approximate surface area is 124 Å². The molecule has 5 heteroatoms. The molecule has 1 atom stereocenters. The number of carbonyl (C=O) groups excluding carboxylic acids is 1. The van der Waals surface area contributed by atoms with Gasteiger partial charge in [0.05, 0.1) is 0 Å². The molecule has 0 aliphatic rings. The third-order valence-electron chi connectivity index (χ3n) is 3.06. The van der Waals surface area contributed by atoms with E-state index in [1.807, 2.05) is 6.92 Å². The number of hydrogen-bond acceptors (Lipinski definition) is 2. The minimum Gasteiger partial charge on any atom is -0.481 e. The number of aliphatic carboxylic acids is 1. The highest BCUT2D eigenvalue weighted by atomic mass is 16.4. The van der Waals surface area contributed by atoms with Crippen molar-refractivity contribution in [2.45, 2.75) is 26.2 Å². The van der Waals surface area contributed by atoms with Gasteiger partial charge >= 0.3 is 12.0 Å². The third kappa shape index (κ3) is 7.02. The van der Waals surface area contributed by atoms with E-state index in [-0.39, 0.29) is 18.4 Å². The fraction of sp³-hybridized carbons (Fsp3) is 0.375. The Morgan fingerprint density at radius 3 is 2.81 bits per heavy atom. The summed E-state index contributed by atoms with van der Waals surface area (Å²) in [7, 11) is 0. The molecular formula is C16H20N2O3. The van der Waals surface area contributed by atoms with Gasteiger partial charge in [0.15, 0.2) is 0 Å². The normalized spacial score (nSPS) is 11.2. The predicted octanol–water partition coefficient (Wildman–Crippen LogP) is 2.68. The van der Waals surface area contributed by atoms with Crippen LogP contribution in [-0.2, 0) is 4.79 Å². The van der Waals surface area contributed by atoms with Crippen molar-refractivity contribution in [1.82, 2.24) is 5.32 Å². The first-order valence-corrected chi connectivity index (χ1v) is 6.84. The second-order valence-electron chi connectivity index (χ2n) is 4.93. The zero-order chi connectivity index (χ0) is 15.7. The van der Waals surface area contributed by atoms with E-state index in [4.69, 9.17) is 11.5 Å². The van der Waals surface area contributed by atoms with Crippen LogP contribution in [0.4, 0.5) is 10.5 Å². The second-order valence-corrected chi connectivity index (χ2v) is 4.93. The van der Waals surface area contributed by atoms with Crippen molar-refractivity contribution in [3.63, 3.8) is 0 Å². The molecular weight excluding hydrogens is 268 g/mol. The second kappa shape index (κ2) is 8.64. The minimum atomic E-state index is -0.791. The van der Waals surface area contributed by atoms with Gasteiger partial charge in [-0.15, -0.1) is 6.42 Å². The Morgan fingerprint density at radius 2 is 2.14 bits per heavy atom. The van der Waals surface area contributed by atoms with Crippen LogP contribution in [-0.4, -0.2) is 23.7 Å². The highest BCUT2D eigenvalue weighted by Crippen LogP contribution is 2.10. The maximum absolute atomic E-state index is 11.7. The Hall–Kier alpha value is -2.48. The molecule has 0 fully saturated rings. The molecule has 2 amide bonds. The van der Waals surface area contributed by atoms with Gasteiger partial charge in [0, 0.05) is 24.2 Å². The van der Waals surface area contributed by atoms with Crippen LogP contribution >= 0.6 is 0 Å². The number of nitrogens with one attached hydrogen (secondary N) is 2. The van der Waals surface area contributed by atoms with Crippen molar-refractivity contribution in [3.05, 3.63) is 29.8 Å². The summed E-state index contributed by atoms with van der Waals surface area (Å²) in [6.45, 7) is 2.47. The predicted molar refractivity (Wildman–Crippen MR) is 82.0 cm³/mol. The van der Waals surface area contributed by atoms with Crippen LogP contribution < -0.4 is 10.6 Å². The maximum atomic E-state index is 11.7. The maximum Gasteiger partial charge on any atom is 0.319 e. The van der Waals surface area contributed by atoms with E-state index in [0.29, 0.717) is 24.2 Å². The number of benzene rings is 1. The molecule has 1 unspecified atom stereocenters. The average Bonchev–Trinajstić information content (AvgIpc) is 2.45. The molecule has 0 radical (unpaired) electrons. The first-order valence-electron chi connectivity index (χ1n) is 6.84. The first kappa shape index (κ1) is 16.6. The van der Waals surface area contributed by atoms with Crippen LogP contribution in [0.25, 0.3) is 0 Å². The molecule has 0 saturated heterocycles. The number of carboxylic acid groups (broad SMARTS) is 1. The number of rotatable bonds is 7. The fourth-order valence-corrected chi connectivity index (χ4v) is 1.81. The molecule has 3 N–H and O–H groups in total. The van der Waals surface area contributed by atoms with Gasteiger partial charge in [-0.25, -0.2) is 4.79 Å². The van der Waals surface area contributed by atoms with Gasteiger partial charge in [0.2, 0.25) is 0 Å². The Balaban J connectivity index is 2.28. The molecule has 5 nitrogen and oxygen atoms in total. The van der Waals surface area contributed by atoms with Crippen LogP contribution in [0.5, 0.6) is 0 Å². The monoisotopic (exact) mass is 288 g/mol. The van der Waals surface area contributed by atoms with E-state index in [2.05, 4.69) is 16.6 Å². The number of hydrogen-bond donors (Lipinski definition) is 3. The number of urea groups is 1. The van der Waals surface area contributed by atoms with Gasteiger partial charge in [0.25, 0.3) is 0 Å². The lowest BCUT2D eigenvalue weighted by molar-refractivity contribution is -0.137. The molecule has 0 aliphatic carbocycles. The number of amides is 2. The van der Waals surface area contributed by atoms with Crippen LogP contribution in [0.2, 0.25) is 0 Å². The Morgan fingerprint density at radius 1 is 1.38 bits per heavy atom. The minimum absolute atomic E-state index is 0.159. The summed E-state index contributed by atoms with van der Waals surface area (Å²) in [6, 6.07) is 6.74. The van der Waals surface area contributed by atoms with Crippen molar-refractivity contribution in [2.75, 3.05) is 11.9 Å². The lowest BCUT2D eigenvalue weighted by atomic mass is 10.0. The van der Waals surface area contributed by atoms with Crippen molar-refractivity contribution in [2.24, 2.45) is 5.92 Å². The van der Waals surface area contributed by atoms with Gasteiger partial charge in [-0.2, -0.15) is 0 Å². The highest BCUT2D eigenvalue weighted by molar-refractivity contribution is 5.89. The molecule has 112 valence electrons. The first-order chi connectivity index (χ1) is 10.0. The summed E-state index contributed by atoms with van der Waals surface area (Å²) in [4.78, 5) is 22.1. The Bertz CT molecular complexity index is 535. The summed E-state index contributed by atoms with van der Waals surface area (Å²) < 4.78 is 0. The van der Waals surface area contributed by atoms with E-state index in [0.717, 1.165) is 6.42 Å². The van der Waals surface area contributed by atoms with Gasteiger partial charge in [-0.3, -0.25) is 4.79 Å². The Kier molecular flexibility index (Phi) is 6.82. The number of carbonyl (C=O) groups is 2. The zero-order valence-electron chi connectivity index (χ0n) is 12.1. The van der Waals surface area contributed by atoms with E-state index in [1.165, 1.54) is 0 Å². The molecule has 21 heavy (non-hydrogen) atoms. The lowest BCUT2D eigenvalue weighted by Crippen LogP contribution is -2.30. The summed E-state index contributed by atoms with van der Waals surface area (Å²) >= 11 is 0. The SMILES string of the molecule is C#Cc1cccc(NC(=O)NCCC(C)CCC(=O)O)c1. The summed E-state index contributed by atoms with van der Waals surface area (Å²) in [5.41, 5.74) is 1.34. The molecule has 1 aromatic rings. The van der Waals surface area contributed by atoms with Crippen LogP contribution in [0, 0.1) is 18.3 Å². The van der Waals surface area contributed by atoms with Crippen molar-refractivity contribution in [1.29, 1.82) is 0 Å². The van der Waals surface area contributed by atoms with E-state index < -0.39 is 5.97 Å². The highest BCUT2D eigenvalue weighted by Gasteiger charge is 2.07. The largest absolute Gasteiger partial charge is 0.481 e. The molecule has 1 rings (SSSR count). The van der Waals surface area contributed by atoms with Crippen LogP contribution in [0.1, 0.15) is 31.7 Å². The zero-order valence-corrected chi connectivity index (χ0v) is 12.1. The lowest BCUT2D eigenvalue weighted by Gasteiger charge is -2.11. The molecule has 1 aromatic carbocycles. The quantitative estimate of drug-likeness (QED) is 0.675. The van der Waals surface area contributed by atoms with Crippen molar-refractivity contribution in [3.8, 4) is 12.3 Å². The van der Waals surface area contributed by atoms with Crippen LogP contribution in [0.3, 0.4) is 0 Å². The summed E-state index contributed by atoms with van der Waals surface area (Å²) in [6.07, 6.45) is 6.81. The van der Waals surface area contributed by atoms with Gasteiger partial charge in [-0.05, 0) is 37.0 Å². The third-order valence-corrected chi connectivity index (χ3v) is 3.06. The molecule has 0 aliphatic heterocycles. The molecule has 0 heterocycles. The summed E-state index contributed by atoms with van der Waals surface area (Å²) in [5, 5.41) is 14.0. The number of anilines is 1. The number of terminal acetylenes is 1. The summed E-state index contributed by atoms with van der Waals surface area (Å²) in [5.74, 6) is 1.97. The topological polar surface area (TPSA) is 78.4 Å². The van der Waals surface area contributed by atoms with E-state index in [9.17, 15) is 9.59 Å². The molecule has 0 aromatic heterocycles. The van der Waals surface area contributed by atoms with Crippen molar-refractivity contribution >= 4 is 17.7 Å².